The van der Waals surface area contributed by atoms with Gasteiger partial charge in [0.1, 0.15) is 0 Å². The maximum absolute atomic E-state index is 10.4. The van der Waals surface area contributed by atoms with Crippen LogP contribution in [0.4, 0.5) is 0 Å². The molecular formula is C14H24O. The van der Waals surface area contributed by atoms with Crippen LogP contribution in [0.5, 0.6) is 0 Å². The van der Waals surface area contributed by atoms with E-state index in [0.29, 0.717) is 11.8 Å². The van der Waals surface area contributed by atoms with Gasteiger partial charge in [0, 0.05) is 0 Å². The van der Waals surface area contributed by atoms with Crippen molar-refractivity contribution < 1.29 is 5.11 Å². The highest BCUT2D eigenvalue weighted by Gasteiger charge is 2.43. The van der Waals surface area contributed by atoms with E-state index in [9.17, 15) is 5.11 Å². The van der Waals surface area contributed by atoms with Gasteiger partial charge in [-0.3, -0.25) is 0 Å². The first-order valence-electron chi connectivity index (χ1n) is 6.38. The van der Waals surface area contributed by atoms with Crippen molar-refractivity contribution >= 4 is 0 Å². The van der Waals surface area contributed by atoms with Gasteiger partial charge < -0.3 is 5.11 Å². The van der Waals surface area contributed by atoms with Gasteiger partial charge in [0.15, 0.2) is 0 Å². The van der Waals surface area contributed by atoms with E-state index in [1.165, 1.54) is 37.7 Å². The van der Waals surface area contributed by atoms with Crippen molar-refractivity contribution in [3.63, 3.8) is 0 Å². The van der Waals surface area contributed by atoms with Crippen LogP contribution in [0.15, 0.2) is 12.2 Å². The summed E-state index contributed by atoms with van der Waals surface area (Å²) in [4.78, 5) is 0. The quantitative estimate of drug-likeness (QED) is 0.654. The van der Waals surface area contributed by atoms with Gasteiger partial charge in [-0.1, -0.05) is 18.6 Å². The molecule has 0 heterocycles. The predicted molar refractivity (Wildman–Crippen MR) is 63.6 cm³/mol. The van der Waals surface area contributed by atoms with Crippen LogP contribution in [0.1, 0.15) is 52.4 Å². The summed E-state index contributed by atoms with van der Waals surface area (Å²) in [5, 5.41) is 10.4. The smallest absolute Gasteiger partial charge is 0.0650 e. The molecule has 2 fully saturated rings. The lowest BCUT2D eigenvalue weighted by Crippen LogP contribution is -2.45. The molecule has 2 aliphatic rings. The van der Waals surface area contributed by atoms with E-state index in [0.717, 1.165) is 12.3 Å². The lowest BCUT2D eigenvalue weighted by atomic mass is 9.60. The molecule has 0 aliphatic heterocycles. The maximum Gasteiger partial charge on any atom is 0.0650 e. The zero-order valence-electron chi connectivity index (χ0n) is 10.1. The predicted octanol–water partition coefficient (Wildman–Crippen LogP) is 3.53. The van der Waals surface area contributed by atoms with E-state index in [1.54, 1.807) is 0 Å². The fourth-order valence-corrected chi connectivity index (χ4v) is 3.70. The van der Waals surface area contributed by atoms with Gasteiger partial charge in [-0.15, -0.1) is 0 Å². The van der Waals surface area contributed by atoms with Gasteiger partial charge in [0.2, 0.25) is 0 Å². The van der Waals surface area contributed by atoms with E-state index in [1.807, 2.05) is 6.92 Å². The highest BCUT2D eigenvalue weighted by atomic mass is 16.3. The number of hydrogen-bond donors (Lipinski definition) is 1. The Hall–Kier alpha value is -0.300. The molecule has 0 spiro atoms. The Balaban J connectivity index is 2.10. The van der Waals surface area contributed by atoms with Crippen LogP contribution in [0.25, 0.3) is 0 Å². The Morgan fingerprint density at radius 2 is 2.07 bits per heavy atom. The number of rotatable bonds is 1. The Morgan fingerprint density at radius 1 is 1.33 bits per heavy atom. The lowest BCUT2D eigenvalue weighted by Gasteiger charge is -2.47. The van der Waals surface area contributed by atoms with E-state index < -0.39 is 5.60 Å². The summed E-state index contributed by atoms with van der Waals surface area (Å²) in [7, 11) is 0. The van der Waals surface area contributed by atoms with Crippen LogP contribution in [-0.2, 0) is 0 Å². The minimum Gasteiger partial charge on any atom is -0.390 e. The van der Waals surface area contributed by atoms with Crippen LogP contribution >= 0.6 is 0 Å². The standard InChI is InChI=1S/C14H24O/c1-10(2)12-7-6-11-5-4-8-14(3,15)13(11)9-12/h11-13,15H,1,4-9H2,2-3H3/t11-,12-,13+,14-/m1/s1. The summed E-state index contributed by atoms with van der Waals surface area (Å²) >= 11 is 0. The molecule has 1 nitrogen and oxygen atoms in total. The molecule has 0 aromatic carbocycles. The van der Waals surface area contributed by atoms with Gasteiger partial charge in [0.05, 0.1) is 5.60 Å². The molecule has 2 saturated carbocycles. The van der Waals surface area contributed by atoms with E-state index in [4.69, 9.17) is 0 Å². The zero-order valence-corrected chi connectivity index (χ0v) is 10.1. The highest BCUT2D eigenvalue weighted by Crippen LogP contribution is 2.48. The van der Waals surface area contributed by atoms with Crippen molar-refractivity contribution in [2.45, 2.75) is 58.0 Å². The van der Waals surface area contributed by atoms with Crippen molar-refractivity contribution in [2.75, 3.05) is 0 Å². The highest BCUT2D eigenvalue weighted by molar-refractivity contribution is 5.03. The Labute approximate surface area is 93.6 Å². The molecule has 15 heavy (non-hydrogen) atoms. The first-order chi connectivity index (χ1) is 7.00. The largest absolute Gasteiger partial charge is 0.390 e. The molecular weight excluding hydrogens is 184 g/mol. The minimum absolute atomic E-state index is 0.406. The number of fused-ring (bicyclic) bond motifs is 1. The fraction of sp³-hybridized carbons (Fsp3) is 0.857. The third-order valence-electron chi connectivity index (χ3n) is 4.75. The minimum atomic E-state index is -0.406. The summed E-state index contributed by atoms with van der Waals surface area (Å²) in [6.45, 7) is 8.27. The summed E-state index contributed by atoms with van der Waals surface area (Å²) in [6.07, 6.45) is 7.32. The van der Waals surface area contributed by atoms with Crippen LogP contribution in [0, 0.1) is 17.8 Å². The molecule has 0 unspecified atom stereocenters. The molecule has 0 bridgehead atoms. The maximum atomic E-state index is 10.4. The molecule has 1 heteroatoms. The number of allylic oxidation sites excluding steroid dienone is 1. The molecule has 2 aliphatic carbocycles. The summed E-state index contributed by atoms with van der Waals surface area (Å²) in [5.41, 5.74) is 0.909. The molecule has 0 amide bonds. The van der Waals surface area contributed by atoms with E-state index in [2.05, 4.69) is 13.5 Å². The first-order valence-corrected chi connectivity index (χ1v) is 6.38. The van der Waals surface area contributed by atoms with Crippen LogP contribution in [0.3, 0.4) is 0 Å². The molecule has 0 radical (unpaired) electrons. The second kappa shape index (κ2) is 3.93. The molecule has 2 rings (SSSR count). The van der Waals surface area contributed by atoms with Crippen molar-refractivity contribution in [3.05, 3.63) is 12.2 Å². The van der Waals surface area contributed by atoms with Crippen LogP contribution < -0.4 is 0 Å². The summed E-state index contributed by atoms with van der Waals surface area (Å²) < 4.78 is 0. The normalized spacial score (nSPS) is 45.9. The van der Waals surface area contributed by atoms with E-state index >= 15 is 0 Å². The number of hydrogen-bond acceptors (Lipinski definition) is 1. The Morgan fingerprint density at radius 3 is 2.73 bits per heavy atom. The van der Waals surface area contributed by atoms with Gasteiger partial charge >= 0.3 is 0 Å². The second-order valence-corrected chi connectivity index (χ2v) is 5.97. The van der Waals surface area contributed by atoms with Gasteiger partial charge in [-0.25, -0.2) is 0 Å². The topological polar surface area (TPSA) is 20.2 Å². The van der Waals surface area contributed by atoms with Gasteiger partial charge in [-0.2, -0.15) is 0 Å². The number of aliphatic hydroxyl groups is 1. The van der Waals surface area contributed by atoms with Gasteiger partial charge in [-0.05, 0) is 63.7 Å². The Bertz CT molecular complexity index is 254. The second-order valence-electron chi connectivity index (χ2n) is 5.97. The lowest BCUT2D eigenvalue weighted by molar-refractivity contribution is -0.0805. The van der Waals surface area contributed by atoms with Crippen molar-refractivity contribution in [3.8, 4) is 0 Å². The molecule has 1 N–H and O–H groups in total. The molecule has 0 saturated heterocycles. The monoisotopic (exact) mass is 208 g/mol. The molecule has 86 valence electrons. The van der Waals surface area contributed by atoms with Crippen molar-refractivity contribution in [1.82, 2.24) is 0 Å². The van der Waals surface area contributed by atoms with Crippen LogP contribution in [0.2, 0.25) is 0 Å². The SMILES string of the molecule is C=C(C)[C@@H]1CC[C@H]2CCC[C@@](C)(O)[C@H]2C1. The fourth-order valence-electron chi connectivity index (χ4n) is 3.70. The van der Waals surface area contributed by atoms with Gasteiger partial charge in [0.25, 0.3) is 0 Å². The van der Waals surface area contributed by atoms with E-state index in [-0.39, 0.29) is 0 Å². The first kappa shape index (κ1) is 11.2. The zero-order chi connectivity index (χ0) is 11.1. The van der Waals surface area contributed by atoms with Crippen LogP contribution in [-0.4, -0.2) is 10.7 Å². The summed E-state index contributed by atoms with van der Waals surface area (Å²) in [6, 6.07) is 0. The Kier molecular flexibility index (Phi) is 2.94. The van der Waals surface area contributed by atoms with Crippen molar-refractivity contribution in [2.24, 2.45) is 17.8 Å². The molecule has 0 aromatic heterocycles. The average molecular weight is 208 g/mol. The summed E-state index contributed by atoms with van der Waals surface area (Å²) in [5.74, 6) is 1.97. The molecule has 4 atom stereocenters. The average Bonchev–Trinajstić information content (AvgIpc) is 2.17. The third-order valence-corrected chi connectivity index (χ3v) is 4.75. The van der Waals surface area contributed by atoms with Crippen molar-refractivity contribution in [1.29, 1.82) is 0 Å². The molecule has 0 aromatic rings. The third kappa shape index (κ3) is 2.13.